The van der Waals surface area contributed by atoms with Crippen LogP contribution in [-0.4, -0.2) is 47.0 Å². The van der Waals surface area contributed by atoms with Crippen molar-refractivity contribution in [2.24, 2.45) is 0 Å². The average molecular weight is 415 g/mol. The first-order valence-electron chi connectivity index (χ1n) is 9.67. The van der Waals surface area contributed by atoms with Gasteiger partial charge in [-0.15, -0.1) is 0 Å². The van der Waals surface area contributed by atoms with Gasteiger partial charge in [-0.3, -0.25) is 14.4 Å². The summed E-state index contributed by atoms with van der Waals surface area (Å²) in [6, 6.07) is 10.1. The van der Waals surface area contributed by atoms with E-state index in [0.717, 1.165) is 18.4 Å². The third-order valence-corrected chi connectivity index (χ3v) is 6.01. The van der Waals surface area contributed by atoms with Crippen LogP contribution < -0.4 is 16.2 Å². The molecule has 0 saturated heterocycles. The monoisotopic (exact) mass is 414 g/mol. The van der Waals surface area contributed by atoms with Gasteiger partial charge < -0.3 is 20.1 Å². The topological polar surface area (TPSA) is 83.4 Å². The van der Waals surface area contributed by atoms with E-state index in [1.807, 2.05) is 19.2 Å². The van der Waals surface area contributed by atoms with Gasteiger partial charge in [-0.05, 0) is 49.7 Å². The largest absolute Gasteiger partial charge is 0.348 e. The first-order chi connectivity index (χ1) is 13.9. The molecule has 0 radical (unpaired) electrons. The standard InChI is InChI=1S/C21H23ClN4O3/c1-23-21(8-9-21)13-25-10-11-26-17(20(25)29)7-6-16(19(26)28)18(27)24-12-14-2-4-15(22)5-3-14/h2-7,23H,8-13H2,1H3,(H,24,27). The second-order valence-corrected chi connectivity index (χ2v) is 8.09. The Labute approximate surface area is 173 Å². The lowest BCUT2D eigenvalue weighted by atomic mass is 10.1. The van der Waals surface area contributed by atoms with E-state index in [4.69, 9.17) is 11.6 Å². The van der Waals surface area contributed by atoms with Gasteiger partial charge in [0.25, 0.3) is 17.4 Å². The van der Waals surface area contributed by atoms with Gasteiger partial charge in [-0.25, -0.2) is 0 Å². The Kier molecular flexibility index (Phi) is 5.19. The number of hydrogen-bond acceptors (Lipinski definition) is 4. The molecule has 0 unspecified atom stereocenters. The lowest BCUT2D eigenvalue weighted by Crippen LogP contribution is -2.50. The molecule has 1 aromatic heterocycles. The average Bonchev–Trinajstić information content (AvgIpc) is 3.50. The molecule has 8 heteroatoms. The van der Waals surface area contributed by atoms with Crippen molar-refractivity contribution in [3.63, 3.8) is 0 Å². The number of rotatable bonds is 6. The van der Waals surface area contributed by atoms with Crippen LogP contribution in [0.2, 0.25) is 5.02 Å². The number of benzene rings is 1. The fourth-order valence-electron chi connectivity index (χ4n) is 3.68. The van der Waals surface area contributed by atoms with Crippen molar-refractivity contribution >= 4 is 23.4 Å². The van der Waals surface area contributed by atoms with Crippen molar-refractivity contribution in [2.45, 2.75) is 31.5 Å². The van der Waals surface area contributed by atoms with Gasteiger partial charge in [0.2, 0.25) is 0 Å². The molecule has 2 N–H and O–H groups in total. The van der Waals surface area contributed by atoms with Crippen LogP contribution in [0.25, 0.3) is 0 Å². The van der Waals surface area contributed by atoms with Gasteiger partial charge in [0.15, 0.2) is 0 Å². The number of pyridine rings is 1. The fourth-order valence-corrected chi connectivity index (χ4v) is 3.80. The molecule has 2 heterocycles. The summed E-state index contributed by atoms with van der Waals surface area (Å²) < 4.78 is 1.41. The Morgan fingerprint density at radius 1 is 1.10 bits per heavy atom. The number of fused-ring (bicyclic) bond motifs is 1. The zero-order valence-corrected chi connectivity index (χ0v) is 17.0. The number of nitrogens with zero attached hydrogens (tertiary/aromatic N) is 2. The summed E-state index contributed by atoms with van der Waals surface area (Å²) in [7, 11) is 1.91. The predicted octanol–water partition coefficient (Wildman–Crippen LogP) is 1.64. The first-order valence-corrected chi connectivity index (χ1v) is 10.0. The SMILES string of the molecule is CNC1(CN2CCn3c(ccc(C(=O)NCc4ccc(Cl)cc4)c3=O)C2=O)CC1. The van der Waals surface area contributed by atoms with E-state index in [0.29, 0.717) is 30.4 Å². The van der Waals surface area contributed by atoms with Crippen LogP contribution in [0.4, 0.5) is 0 Å². The lowest BCUT2D eigenvalue weighted by Gasteiger charge is -2.32. The Morgan fingerprint density at radius 3 is 2.48 bits per heavy atom. The molecule has 2 aromatic rings. The number of amides is 2. The smallest absolute Gasteiger partial charge is 0.270 e. The van der Waals surface area contributed by atoms with Crippen LogP contribution in [0.1, 0.15) is 39.3 Å². The van der Waals surface area contributed by atoms with Gasteiger partial charge >= 0.3 is 0 Å². The van der Waals surface area contributed by atoms with Gasteiger partial charge in [0.1, 0.15) is 11.3 Å². The van der Waals surface area contributed by atoms with E-state index in [1.165, 1.54) is 10.6 Å². The van der Waals surface area contributed by atoms with E-state index in [1.54, 1.807) is 23.1 Å². The molecule has 29 heavy (non-hydrogen) atoms. The minimum Gasteiger partial charge on any atom is -0.348 e. The zero-order valence-electron chi connectivity index (χ0n) is 16.2. The van der Waals surface area contributed by atoms with Gasteiger partial charge in [0.05, 0.1) is 0 Å². The van der Waals surface area contributed by atoms with Crippen molar-refractivity contribution in [1.82, 2.24) is 20.1 Å². The first kappa shape index (κ1) is 19.7. The summed E-state index contributed by atoms with van der Waals surface area (Å²) >= 11 is 5.86. The molecule has 1 aliphatic carbocycles. The molecule has 1 fully saturated rings. The van der Waals surface area contributed by atoms with Crippen LogP contribution in [0.5, 0.6) is 0 Å². The molecule has 152 valence electrons. The molecule has 2 aliphatic rings. The molecular formula is C21H23ClN4O3. The number of carbonyl (C=O) groups excluding carboxylic acids is 2. The number of aromatic nitrogens is 1. The second kappa shape index (κ2) is 7.65. The fraction of sp³-hybridized carbons (Fsp3) is 0.381. The van der Waals surface area contributed by atoms with E-state index in [2.05, 4.69) is 10.6 Å². The van der Waals surface area contributed by atoms with Crippen LogP contribution in [0, 0.1) is 0 Å². The van der Waals surface area contributed by atoms with Crippen LogP contribution in [-0.2, 0) is 13.1 Å². The molecule has 4 rings (SSSR count). The minimum atomic E-state index is -0.456. The number of halogens is 1. The normalized spacial score (nSPS) is 17.0. The molecule has 1 aliphatic heterocycles. The number of likely N-dealkylation sites (N-methyl/N-ethyl adjacent to an activating group) is 1. The van der Waals surface area contributed by atoms with Gasteiger partial charge in [-0.1, -0.05) is 23.7 Å². The highest BCUT2D eigenvalue weighted by atomic mass is 35.5. The predicted molar refractivity (Wildman–Crippen MR) is 110 cm³/mol. The quantitative estimate of drug-likeness (QED) is 0.752. The van der Waals surface area contributed by atoms with Crippen molar-refractivity contribution in [3.8, 4) is 0 Å². The maximum atomic E-state index is 12.8. The van der Waals surface area contributed by atoms with E-state index >= 15 is 0 Å². The van der Waals surface area contributed by atoms with E-state index in [-0.39, 0.29) is 23.6 Å². The van der Waals surface area contributed by atoms with E-state index < -0.39 is 11.5 Å². The third kappa shape index (κ3) is 3.93. The number of carbonyl (C=O) groups is 2. The van der Waals surface area contributed by atoms with Crippen molar-refractivity contribution in [3.05, 3.63) is 68.6 Å². The second-order valence-electron chi connectivity index (χ2n) is 7.66. The molecule has 1 saturated carbocycles. The summed E-state index contributed by atoms with van der Waals surface area (Å²) in [6.07, 6.45) is 2.10. The molecule has 0 spiro atoms. The minimum absolute atomic E-state index is 0.0135. The summed E-state index contributed by atoms with van der Waals surface area (Å²) in [4.78, 5) is 40.0. The van der Waals surface area contributed by atoms with Gasteiger partial charge in [-0.2, -0.15) is 0 Å². The molecule has 2 amide bonds. The van der Waals surface area contributed by atoms with Gasteiger partial charge in [0, 0.05) is 36.7 Å². The maximum absolute atomic E-state index is 12.8. The maximum Gasteiger partial charge on any atom is 0.270 e. The van der Waals surface area contributed by atoms with E-state index in [9.17, 15) is 14.4 Å². The van der Waals surface area contributed by atoms with Crippen molar-refractivity contribution in [1.29, 1.82) is 0 Å². The number of hydrogen-bond donors (Lipinski definition) is 2. The Bertz CT molecular complexity index is 1010. The summed E-state index contributed by atoms with van der Waals surface area (Å²) in [6.45, 7) is 1.78. The van der Waals surface area contributed by atoms with Crippen LogP contribution in [0.15, 0.2) is 41.2 Å². The molecule has 1 aromatic carbocycles. The van der Waals surface area contributed by atoms with Crippen LogP contribution >= 0.6 is 11.6 Å². The van der Waals surface area contributed by atoms with Crippen molar-refractivity contribution in [2.75, 3.05) is 20.1 Å². The summed E-state index contributed by atoms with van der Waals surface area (Å²) in [5.74, 6) is -0.620. The zero-order chi connectivity index (χ0) is 20.6. The third-order valence-electron chi connectivity index (χ3n) is 5.76. The Balaban J connectivity index is 1.48. The highest BCUT2D eigenvalue weighted by Gasteiger charge is 2.44. The molecule has 0 bridgehead atoms. The number of nitrogens with one attached hydrogen (secondary N) is 2. The van der Waals surface area contributed by atoms with Crippen molar-refractivity contribution < 1.29 is 9.59 Å². The summed E-state index contributed by atoms with van der Waals surface area (Å²) in [5, 5.41) is 6.66. The Morgan fingerprint density at radius 2 is 1.83 bits per heavy atom. The highest BCUT2D eigenvalue weighted by Crippen LogP contribution is 2.36. The summed E-state index contributed by atoms with van der Waals surface area (Å²) in [5.41, 5.74) is 0.837. The van der Waals surface area contributed by atoms with Crippen LogP contribution in [0.3, 0.4) is 0 Å². The molecular weight excluding hydrogens is 392 g/mol. The molecule has 7 nitrogen and oxygen atoms in total. The highest BCUT2D eigenvalue weighted by molar-refractivity contribution is 6.30. The molecule has 0 atom stereocenters. The Hall–Kier alpha value is -2.64. The lowest BCUT2D eigenvalue weighted by molar-refractivity contribution is 0.0674.